The van der Waals surface area contributed by atoms with Gasteiger partial charge in [0.25, 0.3) is 0 Å². The molecule has 0 radical (unpaired) electrons. The van der Waals surface area contributed by atoms with Crippen molar-refractivity contribution >= 4 is 16.6 Å². The number of aromatic nitrogens is 1. The van der Waals surface area contributed by atoms with Gasteiger partial charge in [0.15, 0.2) is 5.75 Å². The van der Waals surface area contributed by atoms with Crippen molar-refractivity contribution in [2.24, 2.45) is 0 Å². The molecule has 0 aliphatic carbocycles. The predicted molar refractivity (Wildman–Crippen MR) is 77.4 cm³/mol. The highest BCUT2D eigenvalue weighted by atomic mass is 16.5. The molecule has 0 spiro atoms. The number of rotatable bonds is 2. The van der Waals surface area contributed by atoms with Gasteiger partial charge in [-0.15, -0.1) is 0 Å². The number of nitrogens with zero attached hydrogens (tertiary/aromatic N) is 2. The van der Waals surface area contributed by atoms with Crippen molar-refractivity contribution in [3.63, 3.8) is 0 Å². The van der Waals surface area contributed by atoms with Crippen LogP contribution in [0, 0.1) is 11.3 Å². The first-order valence-corrected chi connectivity index (χ1v) is 6.09. The van der Waals surface area contributed by atoms with Crippen molar-refractivity contribution in [3.05, 3.63) is 60.3 Å². The molecular weight excluding hydrogens is 250 g/mol. The maximum Gasteiger partial charge on any atom is 0.153 e. The van der Waals surface area contributed by atoms with Gasteiger partial charge in [-0.05, 0) is 24.3 Å². The molecule has 20 heavy (non-hydrogen) atoms. The first-order chi connectivity index (χ1) is 9.78. The Morgan fingerprint density at radius 2 is 1.95 bits per heavy atom. The summed E-state index contributed by atoms with van der Waals surface area (Å²) in [5.41, 5.74) is 7.41. The van der Waals surface area contributed by atoms with Gasteiger partial charge in [0.05, 0.1) is 11.3 Å². The molecule has 0 fully saturated rings. The molecule has 1 heterocycles. The third-order valence-corrected chi connectivity index (χ3v) is 2.97. The Morgan fingerprint density at radius 3 is 2.75 bits per heavy atom. The Hall–Kier alpha value is -3.06. The lowest BCUT2D eigenvalue weighted by atomic mass is 10.2. The molecule has 96 valence electrons. The topological polar surface area (TPSA) is 71.9 Å². The number of pyridine rings is 1. The quantitative estimate of drug-likeness (QED) is 0.717. The Balaban J connectivity index is 2.02. The maximum absolute atomic E-state index is 8.86. The second-order valence-electron chi connectivity index (χ2n) is 4.29. The zero-order chi connectivity index (χ0) is 13.9. The van der Waals surface area contributed by atoms with E-state index in [4.69, 9.17) is 15.7 Å². The van der Waals surface area contributed by atoms with Crippen LogP contribution in [0.4, 0.5) is 5.69 Å². The SMILES string of the molecule is N#Cc1ccc(Oc2cccc3cccnc23)cc1N. The number of nitrogens with two attached hydrogens (primary N) is 1. The lowest BCUT2D eigenvalue weighted by molar-refractivity contribution is 0.487. The van der Waals surface area contributed by atoms with E-state index >= 15 is 0 Å². The summed E-state index contributed by atoms with van der Waals surface area (Å²) in [6, 6.07) is 16.6. The molecule has 0 amide bonds. The molecule has 0 saturated carbocycles. The lowest BCUT2D eigenvalue weighted by Crippen LogP contribution is -1.92. The zero-order valence-corrected chi connectivity index (χ0v) is 10.6. The lowest BCUT2D eigenvalue weighted by Gasteiger charge is -2.09. The van der Waals surface area contributed by atoms with E-state index in [1.165, 1.54) is 0 Å². The number of para-hydroxylation sites is 1. The number of benzene rings is 2. The fourth-order valence-corrected chi connectivity index (χ4v) is 1.99. The molecule has 0 unspecified atom stereocenters. The van der Waals surface area contributed by atoms with Crippen molar-refractivity contribution in [1.82, 2.24) is 4.98 Å². The van der Waals surface area contributed by atoms with E-state index in [9.17, 15) is 0 Å². The van der Waals surface area contributed by atoms with E-state index in [1.54, 1.807) is 24.4 Å². The third kappa shape index (κ3) is 2.13. The van der Waals surface area contributed by atoms with Gasteiger partial charge in [-0.3, -0.25) is 4.98 Å². The summed E-state index contributed by atoms with van der Waals surface area (Å²) in [5.74, 6) is 1.24. The molecule has 4 heteroatoms. The van der Waals surface area contributed by atoms with Crippen LogP contribution in [-0.4, -0.2) is 4.98 Å². The number of fused-ring (bicyclic) bond motifs is 1. The van der Waals surface area contributed by atoms with Gasteiger partial charge in [0.1, 0.15) is 17.3 Å². The van der Waals surface area contributed by atoms with Crippen LogP contribution < -0.4 is 10.5 Å². The van der Waals surface area contributed by atoms with Gasteiger partial charge in [0.2, 0.25) is 0 Å². The van der Waals surface area contributed by atoms with Crippen LogP contribution in [0.3, 0.4) is 0 Å². The Kier molecular flexibility index (Phi) is 2.94. The Morgan fingerprint density at radius 1 is 1.10 bits per heavy atom. The van der Waals surface area contributed by atoms with E-state index in [0.717, 1.165) is 10.9 Å². The summed E-state index contributed by atoms with van der Waals surface area (Å²) in [6.07, 6.45) is 1.72. The minimum absolute atomic E-state index is 0.401. The average molecular weight is 261 g/mol. The van der Waals surface area contributed by atoms with E-state index in [0.29, 0.717) is 22.7 Å². The van der Waals surface area contributed by atoms with E-state index in [-0.39, 0.29) is 0 Å². The summed E-state index contributed by atoms with van der Waals surface area (Å²) >= 11 is 0. The number of anilines is 1. The van der Waals surface area contributed by atoms with Crippen LogP contribution >= 0.6 is 0 Å². The van der Waals surface area contributed by atoms with Crippen LogP contribution in [0.2, 0.25) is 0 Å². The Labute approximate surface area is 116 Å². The first kappa shape index (κ1) is 12.0. The molecule has 0 aliphatic heterocycles. The van der Waals surface area contributed by atoms with Crippen LogP contribution in [0.15, 0.2) is 54.7 Å². The predicted octanol–water partition coefficient (Wildman–Crippen LogP) is 3.48. The molecule has 2 N–H and O–H groups in total. The summed E-state index contributed by atoms with van der Waals surface area (Å²) in [7, 11) is 0. The van der Waals surface area contributed by atoms with E-state index < -0.39 is 0 Å². The summed E-state index contributed by atoms with van der Waals surface area (Å²) in [5, 5.41) is 9.87. The zero-order valence-electron chi connectivity index (χ0n) is 10.6. The fraction of sp³-hybridized carbons (Fsp3) is 0. The van der Waals surface area contributed by atoms with Crippen molar-refractivity contribution < 1.29 is 4.74 Å². The van der Waals surface area contributed by atoms with Crippen molar-refractivity contribution in [2.45, 2.75) is 0 Å². The summed E-state index contributed by atoms with van der Waals surface area (Å²) < 4.78 is 5.82. The molecule has 3 rings (SSSR count). The van der Waals surface area contributed by atoms with Gasteiger partial charge in [-0.2, -0.15) is 5.26 Å². The highest BCUT2D eigenvalue weighted by Crippen LogP contribution is 2.29. The minimum Gasteiger partial charge on any atom is -0.455 e. The number of nitrogen functional groups attached to an aromatic ring is 1. The molecule has 0 bridgehead atoms. The average Bonchev–Trinajstić information content (AvgIpc) is 2.48. The number of hydrogen-bond acceptors (Lipinski definition) is 4. The van der Waals surface area contributed by atoms with E-state index in [1.807, 2.05) is 36.4 Å². The smallest absolute Gasteiger partial charge is 0.153 e. The highest BCUT2D eigenvalue weighted by Gasteiger charge is 2.06. The van der Waals surface area contributed by atoms with Crippen LogP contribution in [-0.2, 0) is 0 Å². The maximum atomic E-state index is 8.86. The Bertz CT molecular complexity index is 816. The van der Waals surface area contributed by atoms with Crippen LogP contribution in [0.1, 0.15) is 5.56 Å². The molecular formula is C16H11N3O. The number of hydrogen-bond donors (Lipinski definition) is 1. The van der Waals surface area contributed by atoms with Crippen molar-refractivity contribution in [1.29, 1.82) is 5.26 Å². The second kappa shape index (κ2) is 4.90. The monoisotopic (exact) mass is 261 g/mol. The molecule has 4 nitrogen and oxygen atoms in total. The number of nitriles is 1. The van der Waals surface area contributed by atoms with Gasteiger partial charge < -0.3 is 10.5 Å². The molecule has 1 aromatic heterocycles. The van der Waals surface area contributed by atoms with Gasteiger partial charge in [-0.1, -0.05) is 18.2 Å². The molecule has 2 aromatic carbocycles. The van der Waals surface area contributed by atoms with Crippen molar-refractivity contribution in [2.75, 3.05) is 5.73 Å². The largest absolute Gasteiger partial charge is 0.455 e. The molecule has 0 saturated heterocycles. The van der Waals surface area contributed by atoms with Crippen LogP contribution in [0.5, 0.6) is 11.5 Å². The van der Waals surface area contributed by atoms with Crippen LogP contribution in [0.25, 0.3) is 10.9 Å². The summed E-state index contributed by atoms with van der Waals surface area (Å²) in [4.78, 5) is 4.32. The number of ether oxygens (including phenoxy) is 1. The molecule has 0 aliphatic rings. The van der Waals surface area contributed by atoms with Crippen molar-refractivity contribution in [3.8, 4) is 17.6 Å². The second-order valence-corrected chi connectivity index (χ2v) is 4.29. The fourth-order valence-electron chi connectivity index (χ4n) is 1.99. The molecule has 0 atom stereocenters. The van der Waals surface area contributed by atoms with E-state index in [2.05, 4.69) is 4.98 Å². The normalized spacial score (nSPS) is 10.2. The highest BCUT2D eigenvalue weighted by molar-refractivity contribution is 5.84. The van der Waals surface area contributed by atoms with Gasteiger partial charge in [0, 0.05) is 17.6 Å². The van der Waals surface area contributed by atoms with Gasteiger partial charge in [-0.25, -0.2) is 0 Å². The summed E-state index contributed by atoms with van der Waals surface area (Å²) in [6.45, 7) is 0. The third-order valence-electron chi connectivity index (χ3n) is 2.97. The molecule has 3 aromatic rings. The van der Waals surface area contributed by atoms with Gasteiger partial charge >= 0.3 is 0 Å². The standard InChI is InChI=1S/C16H11N3O/c17-10-12-6-7-13(9-14(12)18)20-15-5-1-3-11-4-2-8-19-16(11)15/h1-9H,18H2. The minimum atomic E-state index is 0.401. The first-order valence-electron chi connectivity index (χ1n) is 6.09.